The second kappa shape index (κ2) is 5.81. The van der Waals surface area contributed by atoms with Gasteiger partial charge in [-0.25, -0.2) is 0 Å². The predicted octanol–water partition coefficient (Wildman–Crippen LogP) is 2.09. The summed E-state index contributed by atoms with van der Waals surface area (Å²) in [6, 6.07) is 4.70. The molecule has 1 atom stereocenters. The van der Waals surface area contributed by atoms with Crippen molar-refractivity contribution in [3.05, 3.63) is 30.1 Å². The van der Waals surface area contributed by atoms with Crippen molar-refractivity contribution in [2.75, 3.05) is 21.1 Å². The van der Waals surface area contributed by atoms with Crippen molar-refractivity contribution in [2.24, 2.45) is 0 Å². The number of nitrogens with zero attached hydrogens (tertiary/aromatic N) is 2. The van der Waals surface area contributed by atoms with Gasteiger partial charge in [-0.05, 0) is 52.0 Å². The van der Waals surface area contributed by atoms with Crippen LogP contribution in [-0.4, -0.2) is 42.6 Å². The summed E-state index contributed by atoms with van der Waals surface area (Å²) < 4.78 is 0. The van der Waals surface area contributed by atoms with E-state index in [2.05, 4.69) is 42.4 Å². The molecule has 1 saturated carbocycles. The van der Waals surface area contributed by atoms with Crippen LogP contribution >= 0.6 is 0 Å². The van der Waals surface area contributed by atoms with Gasteiger partial charge in [0.2, 0.25) is 0 Å². The fraction of sp³-hybridized carbons (Fsp3) is 0.667. The first-order valence-electron chi connectivity index (χ1n) is 6.92. The molecular formula is C15H25N3. The van der Waals surface area contributed by atoms with E-state index in [0.717, 1.165) is 6.42 Å². The van der Waals surface area contributed by atoms with Crippen molar-refractivity contribution in [3.8, 4) is 0 Å². The number of nitrogens with one attached hydrogen (secondary N) is 1. The van der Waals surface area contributed by atoms with Crippen LogP contribution in [-0.2, 0) is 6.42 Å². The van der Waals surface area contributed by atoms with E-state index < -0.39 is 0 Å². The fourth-order valence-electron chi connectivity index (χ4n) is 3.41. The number of aromatic nitrogens is 1. The molecule has 1 heterocycles. The van der Waals surface area contributed by atoms with Gasteiger partial charge in [0.05, 0.1) is 0 Å². The monoisotopic (exact) mass is 247 g/mol. The van der Waals surface area contributed by atoms with E-state index in [9.17, 15) is 0 Å². The molecule has 1 fully saturated rings. The molecule has 1 aromatic rings. The molecule has 1 aromatic heterocycles. The standard InChI is InChI=1S/C15H25N3/c1-16-14(11-13-7-6-10-17-12-13)15(18(2)3)8-4-5-9-15/h6-7,10,12,14,16H,4-5,8-9,11H2,1-3H3. The Hall–Kier alpha value is -0.930. The molecule has 1 aliphatic carbocycles. The SMILES string of the molecule is CNC(Cc1cccnc1)C1(N(C)C)CCCC1. The summed E-state index contributed by atoms with van der Waals surface area (Å²) in [5.41, 5.74) is 1.63. The molecule has 0 radical (unpaired) electrons. The molecule has 100 valence electrons. The zero-order valence-electron chi connectivity index (χ0n) is 11.8. The number of hydrogen-bond acceptors (Lipinski definition) is 3. The van der Waals surface area contributed by atoms with Crippen LogP contribution in [0, 0.1) is 0 Å². The number of likely N-dealkylation sites (N-methyl/N-ethyl adjacent to an activating group) is 2. The first-order valence-corrected chi connectivity index (χ1v) is 6.92. The highest BCUT2D eigenvalue weighted by Crippen LogP contribution is 2.37. The van der Waals surface area contributed by atoms with E-state index >= 15 is 0 Å². The molecule has 0 aliphatic heterocycles. The molecule has 1 aliphatic rings. The van der Waals surface area contributed by atoms with Crippen LogP contribution < -0.4 is 5.32 Å². The molecule has 1 unspecified atom stereocenters. The van der Waals surface area contributed by atoms with Gasteiger partial charge in [0.1, 0.15) is 0 Å². The number of rotatable bonds is 5. The zero-order valence-corrected chi connectivity index (χ0v) is 11.8. The van der Waals surface area contributed by atoms with Crippen LogP contribution in [0.3, 0.4) is 0 Å². The van der Waals surface area contributed by atoms with Gasteiger partial charge in [0, 0.05) is 24.0 Å². The number of pyridine rings is 1. The summed E-state index contributed by atoms with van der Waals surface area (Å²) in [6.45, 7) is 0. The van der Waals surface area contributed by atoms with Gasteiger partial charge in [-0.15, -0.1) is 0 Å². The van der Waals surface area contributed by atoms with Gasteiger partial charge < -0.3 is 10.2 Å². The van der Waals surface area contributed by atoms with Crippen molar-refractivity contribution in [2.45, 2.75) is 43.7 Å². The zero-order chi connectivity index (χ0) is 13.0. The average molecular weight is 247 g/mol. The van der Waals surface area contributed by atoms with Crippen LogP contribution in [0.2, 0.25) is 0 Å². The second-order valence-electron chi connectivity index (χ2n) is 5.61. The Morgan fingerprint density at radius 3 is 2.61 bits per heavy atom. The normalized spacial score (nSPS) is 20.2. The van der Waals surface area contributed by atoms with E-state index in [1.807, 2.05) is 18.5 Å². The number of hydrogen-bond donors (Lipinski definition) is 1. The second-order valence-corrected chi connectivity index (χ2v) is 5.61. The van der Waals surface area contributed by atoms with Gasteiger partial charge in [0.25, 0.3) is 0 Å². The molecule has 3 heteroatoms. The Bertz CT molecular complexity index is 355. The van der Waals surface area contributed by atoms with Crippen LogP contribution in [0.5, 0.6) is 0 Å². The molecule has 0 bridgehead atoms. The fourth-order valence-corrected chi connectivity index (χ4v) is 3.41. The van der Waals surface area contributed by atoms with Crippen molar-refractivity contribution < 1.29 is 0 Å². The highest BCUT2D eigenvalue weighted by atomic mass is 15.2. The lowest BCUT2D eigenvalue weighted by Gasteiger charge is -2.43. The maximum Gasteiger partial charge on any atom is 0.0359 e. The molecule has 0 spiro atoms. The lowest BCUT2D eigenvalue weighted by molar-refractivity contribution is 0.108. The van der Waals surface area contributed by atoms with E-state index in [4.69, 9.17) is 0 Å². The summed E-state index contributed by atoms with van der Waals surface area (Å²) in [5, 5.41) is 3.55. The topological polar surface area (TPSA) is 28.2 Å². The molecule has 2 rings (SSSR count). The summed E-state index contributed by atoms with van der Waals surface area (Å²) >= 11 is 0. The van der Waals surface area contributed by atoms with Crippen LogP contribution in [0.25, 0.3) is 0 Å². The summed E-state index contributed by atoms with van der Waals surface area (Å²) in [6.07, 6.45) is 10.2. The van der Waals surface area contributed by atoms with Crippen molar-refractivity contribution >= 4 is 0 Å². The maximum atomic E-state index is 4.22. The Morgan fingerprint density at radius 2 is 2.11 bits per heavy atom. The lowest BCUT2D eigenvalue weighted by Crippen LogP contribution is -2.57. The minimum absolute atomic E-state index is 0.310. The molecule has 0 aromatic carbocycles. The predicted molar refractivity (Wildman–Crippen MR) is 75.7 cm³/mol. The Balaban J connectivity index is 2.16. The van der Waals surface area contributed by atoms with E-state index in [1.54, 1.807) is 0 Å². The van der Waals surface area contributed by atoms with E-state index in [0.29, 0.717) is 11.6 Å². The lowest BCUT2D eigenvalue weighted by atomic mass is 9.83. The minimum atomic E-state index is 0.310. The third kappa shape index (κ3) is 2.57. The van der Waals surface area contributed by atoms with Crippen LogP contribution in [0.4, 0.5) is 0 Å². The van der Waals surface area contributed by atoms with Gasteiger partial charge in [-0.3, -0.25) is 4.98 Å². The summed E-state index contributed by atoms with van der Waals surface area (Å²) in [5.74, 6) is 0. The largest absolute Gasteiger partial charge is 0.315 e. The third-order valence-electron chi connectivity index (χ3n) is 4.52. The molecule has 18 heavy (non-hydrogen) atoms. The molecular weight excluding hydrogens is 222 g/mol. The quantitative estimate of drug-likeness (QED) is 0.863. The van der Waals surface area contributed by atoms with Crippen molar-refractivity contribution in [3.63, 3.8) is 0 Å². The van der Waals surface area contributed by atoms with Crippen LogP contribution in [0.1, 0.15) is 31.2 Å². The highest BCUT2D eigenvalue weighted by Gasteiger charge is 2.42. The first-order chi connectivity index (χ1) is 8.69. The molecule has 1 N–H and O–H groups in total. The Kier molecular flexibility index (Phi) is 4.36. The van der Waals surface area contributed by atoms with Gasteiger partial charge >= 0.3 is 0 Å². The maximum absolute atomic E-state index is 4.22. The average Bonchev–Trinajstić information content (AvgIpc) is 2.87. The smallest absolute Gasteiger partial charge is 0.0359 e. The van der Waals surface area contributed by atoms with Gasteiger partial charge in [0.15, 0.2) is 0 Å². The van der Waals surface area contributed by atoms with Gasteiger partial charge in [-0.1, -0.05) is 18.9 Å². The van der Waals surface area contributed by atoms with Crippen molar-refractivity contribution in [1.82, 2.24) is 15.2 Å². The third-order valence-corrected chi connectivity index (χ3v) is 4.52. The molecule has 0 amide bonds. The Labute approximate surface area is 111 Å². The van der Waals surface area contributed by atoms with Gasteiger partial charge in [-0.2, -0.15) is 0 Å². The molecule has 0 saturated heterocycles. The van der Waals surface area contributed by atoms with Crippen molar-refractivity contribution in [1.29, 1.82) is 0 Å². The highest BCUT2D eigenvalue weighted by molar-refractivity contribution is 5.14. The minimum Gasteiger partial charge on any atom is -0.315 e. The first kappa shape index (κ1) is 13.5. The summed E-state index contributed by atoms with van der Waals surface area (Å²) in [7, 11) is 6.53. The van der Waals surface area contributed by atoms with E-state index in [-0.39, 0.29) is 0 Å². The van der Waals surface area contributed by atoms with E-state index in [1.165, 1.54) is 31.2 Å². The van der Waals surface area contributed by atoms with Crippen LogP contribution in [0.15, 0.2) is 24.5 Å². The Morgan fingerprint density at radius 1 is 1.39 bits per heavy atom. The summed E-state index contributed by atoms with van der Waals surface area (Å²) in [4.78, 5) is 6.65. The molecule has 3 nitrogen and oxygen atoms in total.